The zero-order valence-corrected chi connectivity index (χ0v) is 20.1. The van der Waals surface area contributed by atoms with Gasteiger partial charge in [-0.15, -0.1) is 11.3 Å². The van der Waals surface area contributed by atoms with Gasteiger partial charge >= 0.3 is 12.1 Å². The van der Waals surface area contributed by atoms with Crippen molar-refractivity contribution in [2.24, 2.45) is 0 Å². The number of esters is 1. The van der Waals surface area contributed by atoms with E-state index in [1.54, 1.807) is 33.2 Å². The van der Waals surface area contributed by atoms with Crippen LogP contribution in [-0.4, -0.2) is 57.1 Å². The number of thiazole rings is 1. The van der Waals surface area contributed by atoms with E-state index >= 15 is 0 Å². The summed E-state index contributed by atoms with van der Waals surface area (Å²) >= 11 is 1.43. The molecule has 34 heavy (non-hydrogen) atoms. The maximum atomic E-state index is 13.1. The van der Waals surface area contributed by atoms with Gasteiger partial charge in [-0.1, -0.05) is 12.7 Å². The number of hydrogen-bond donors (Lipinski definition) is 1. The molecule has 0 aliphatic carbocycles. The van der Waals surface area contributed by atoms with E-state index in [0.717, 1.165) is 10.6 Å². The molecular weight excluding hydrogens is 456 g/mol. The lowest BCUT2D eigenvalue weighted by atomic mass is 9.83. The SMILES string of the molecule is C=CCOC(=O)C1=C(c2csc(-c3cccnc3)n2)CC[C@@H]2[C@H](NC(=O)OC(C)(C)C)C(=O)N12. The number of β-lactam (4-membered cyclic amide) rings is 1. The van der Waals surface area contributed by atoms with Crippen molar-refractivity contribution in [3.05, 3.63) is 54.0 Å². The maximum Gasteiger partial charge on any atom is 0.408 e. The Balaban J connectivity index is 1.63. The number of nitrogens with zero attached hydrogens (tertiary/aromatic N) is 3. The largest absolute Gasteiger partial charge is 0.457 e. The minimum Gasteiger partial charge on any atom is -0.457 e. The Kier molecular flexibility index (Phi) is 6.52. The zero-order chi connectivity index (χ0) is 24.5. The summed E-state index contributed by atoms with van der Waals surface area (Å²) in [5.74, 6) is -1.01. The van der Waals surface area contributed by atoms with Gasteiger partial charge in [0.1, 0.15) is 29.0 Å². The number of amides is 2. The molecule has 2 aliphatic heterocycles. The van der Waals surface area contributed by atoms with Crippen molar-refractivity contribution < 1.29 is 23.9 Å². The number of carbonyl (C=O) groups excluding carboxylic acids is 3. The third kappa shape index (κ3) is 4.72. The number of nitrogens with one attached hydrogen (secondary N) is 1. The van der Waals surface area contributed by atoms with Crippen LogP contribution in [0.2, 0.25) is 0 Å². The number of aromatic nitrogens is 2. The lowest BCUT2D eigenvalue weighted by Gasteiger charge is -2.50. The molecule has 0 aromatic carbocycles. The van der Waals surface area contributed by atoms with Crippen LogP contribution in [0.1, 0.15) is 39.3 Å². The van der Waals surface area contributed by atoms with E-state index in [1.165, 1.54) is 22.3 Å². The Labute approximate surface area is 201 Å². The van der Waals surface area contributed by atoms with Crippen LogP contribution in [0.25, 0.3) is 16.1 Å². The fraction of sp³-hybridized carbons (Fsp3) is 0.375. The zero-order valence-electron chi connectivity index (χ0n) is 19.2. The smallest absolute Gasteiger partial charge is 0.408 e. The highest BCUT2D eigenvalue weighted by Crippen LogP contribution is 2.41. The summed E-state index contributed by atoms with van der Waals surface area (Å²) in [6.07, 6.45) is 5.25. The highest BCUT2D eigenvalue weighted by Gasteiger charge is 2.54. The second-order valence-electron chi connectivity index (χ2n) is 8.93. The summed E-state index contributed by atoms with van der Waals surface area (Å²) in [6.45, 7) is 8.84. The van der Waals surface area contributed by atoms with Gasteiger partial charge in [0.05, 0.1) is 11.7 Å². The molecule has 2 amide bonds. The van der Waals surface area contributed by atoms with Crippen LogP contribution in [-0.2, 0) is 19.1 Å². The number of ether oxygens (including phenoxy) is 2. The van der Waals surface area contributed by atoms with Gasteiger partial charge in [-0.2, -0.15) is 0 Å². The maximum absolute atomic E-state index is 13.1. The van der Waals surface area contributed by atoms with Crippen LogP contribution in [0.3, 0.4) is 0 Å². The fourth-order valence-electron chi connectivity index (χ4n) is 3.97. The number of carbonyl (C=O) groups is 3. The van der Waals surface area contributed by atoms with Crippen LogP contribution in [0, 0.1) is 0 Å². The molecule has 9 nitrogen and oxygen atoms in total. The van der Waals surface area contributed by atoms with Crippen molar-refractivity contribution in [2.45, 2.75) is 51.3 Å². The number of allylic oxidation sites excluding steroid dienone is 1. The Morgan fingerprint density at radius 1 is 1.38 bits per heavy atom. The van der Waals surface area contributed by atoms with E-state index in [2.05, 4.69) is 16.9 Å². The molecule has 0 bridgehead atoms. The molecule has 2 atom stereocenters. The Morgan fingerprint density at radius 2 is 2.18 bits per heavy atom. The molecule has 0 spiro atoms. The van der Waals surface area contributed by atoms with Crippen molar-refractivity contribution in [1.82, 2.24) is 20.2 Å². The highest BCUT2D eigenvalue weighted by atomic mass is 32.1. The van der Waals surface area contributed by atoms with E-state index in [-0.39, 0.29) is 24.3 Å². The summed E-state index contributed by atoms with van der Waals surface area (Å²) in [7, 11) is 0. The molecule has 4 rings (SSSR count). The van der Waals surface area contributed by atoms with Crippen LogP contribution >= 0.6 is 11.3 Å². The van der Waals surface area contributed by atoms with Crippen LogP contribution in [0.5, 0.6) is 0 Å². The molecule has 2 aliphatic rings. The first-order valence-electron chi connectivity index (χ1n) is 10.9. The molecule has 2 aromatic heterocycles. The lowest BCUT2D eigenvalue weighted by molar-refractivity contribution is -0.155. The van der Waals surface area contributed by atoms with Crippen molar-refractivity contribution in [3.63, 3.8) is 0 Å². The van der Waals surface area contributed by atoms with E-state index in [0.29, 0.717) is 24.1 Å². The number of pyridine rings is 1. The number of rotatable bonds is 6. The summed E-state index contributed by atoms with van der Waals surface area (Å²) in [6, 6.07) is 2.60. The van der Waals surface area contributed by atoms with Crippen molar-refractivity contribution in [1.29, 1.82) is 0 Å². The first-order valence-corrected chi connectivity index (χ1v) is 11.8. The molecule has 1 N–H and O–H groups in total. The first-order chi connectivity index (χ1) is 16.2. The van der Waals surface area contributed by atoms with Gasteiger partial charge in [0, 0.05) is 28.9 Å². The van der Waals surface area contributed by atoms with Gasteiger partial charge in [0.2, 0.25) is 0 Å². The Bertz CT molecular complexity index is 1150. The summed E-state index contributed by atoms with van der Waals surface area (Å²) in [4.78, 5) is 48.5. The van der Waals surface area contributed by atoms with E-state index in [4.69, 9.17) is 14.5 Å². The molecule has 2 aromatic rings. The quantitative estimate of drug-likeness (QED) is 0.381. The van der Waals surface area contributed by atoms with Gasteiger partial charge in [-0.25, -0.2) is 14.6 Å². The monoisotopic (exact) mass is 482 g/mol. The van der Waals surface area contributed by atoms with E-state index in [9.17, 15) is 14.4 Å². The molecule has 4 heterocycles. The summed E-state index contributed by atoms with van der Waals surface area (Å²) < 4.78 is 10.6. The number of alkyl carbamates (subject to hydrolysis) is 1. The standard InChI is InChI=1S/C24H26N4O5S/c1-5-11-32-22(30)19-15(16-13-34-20(26-16)14-7-6-10-25-12-14)8-9-17-18(21(29)28(17)19)27-23(31)33-24(2,3)4/h5-7,10,12-13,17-18H,1,8-9,11H2,2-4H3,(H,27,31)/t17-,18+/m1/s1. The molecular formula is C24H26N4O5S. The van der Waals surface area contributed by atoms with Crippen molar-refractivity contribution >= 4 is 34.9 Å². The minimum atomic E-state index is -0.764. The Morgan fingerprint density at radius 3 is 2.85 bits per heavy atom. The predicted molar refractivity (Wildman–Crippen MR) is 126 cm³/mol. The Hall–Kier alpha value is -3.53. The summed E-state index contributed by atoms with van der Waals surface area (Å²) in [5.41, 5.74) is 1.59. The summed E-state index contributed by atoms with van der Waals surface area (Å²) in [5, 5.41) is 5.26. The van der Waals surface area contributed by atoms with Gasteiger partial charge in [0.15, 0.2) is 0 Å². The van der Waals surface area contributed by atoms with Crippen LogP contribution in [0.15, 0.2) is 48.3 Å². The molecule has 1 saturated heterocycles. The van der Waals surface area contributed by atoms with Crippen LogP contribution < -0.4 is 5.32 Å². The third-order valence-corrected chi connectivity index (χ3v) is 6.25. The predicted octanol–water partition coefficient (Wildman–Crippen LogP) is 3.54. The van der Waals surface area contributed by atoms with Crippen molar-refractivity contribution in [3.8, 4) is 10.6 Å². The topological polar surface area (TPSA) is 111 Å². The highest BCUT2D eigenvalue weighted by molar-refractivity contribution is 7.13. The third-order valence-electron chi connectivity index (χ3n) is 5.36. The van der Waals surface area contributed by atoms with E-state index < -0.39 is 23.7 Å². The molecule has 0 radical (unpaired) electrons. The fourth-order valence-corrected chi connectivity index (χ4v) is 4.80. The van der Waals surface area contributed by atoms with Gasteiger partial charge in [-0.3, -0.25) is 14.7 Å². The van der Waals surface area contributed by atoms with Crippen LogP contribution in [0.4, 0.5) is 4.79 Å². The molecule has 10 heteroatoms. The van der Waals surface area contributed by atoms with Gasteiger partial charge < -0.3 is 14.8 Å². The average molecular weight is 483 g/mol. The minimum absolute atomic E-state index is 0.0138. The molecule has 0 saturated carbocycles. The normalized spacial score (nSPS) is 19.7. The number of hydrogen-bond acceptors (Lipinski definition) is 8. The average Bonchev–Trinajstić information content (AvgIpc) is 3.29. The molecule has 178 valence electrons. The molecule has 1 fully saturated rings. The van der Waals surface area contributed by atoms with Crippen molar-refractivity contribution in [2.75, 3.05) is 6.61 Å². The molecule has 0 unspecified atom stereocenters. The van der Waals surface area contributed by atoms with E-state index in [1.807, 2.05) is 17.5 Å². The second-order valence-corrected chi connectivity index (χ2v) is 9.79. The van der Waals surface area contributed by atoms with Gasteiger partial charge in [0.25, 0.3) is 5.91 Å². The van der Waals surface area contributed by atoms with Gasteiger partial charge in [-0.05, 0) is 45.7 Å². The first kappa shape index (κ1) is 23.6. The lowest BCUT2D eigenvalue weighted by Crippen LogP contribution is -2.71. The second kappa shape index (κ2) is 9.38. The number of fused-ring (bicyclic) bond motifs is 1.